The lowest BCUT2D eigenvalue weighted by atomic mass is 10.2. The van der Waals surface area contributed by atoms with Gasteiger partial charge in [0.05, 0.1) is 32.5 Å². The van der Waals surface area contributed by atoms with Crippen molar-refractivity contribution in [2.75, 3.05) is 21.3 Å². The molecule has 136 valence electrons. The molecule has 10 heteroatoms. The van der Waals surface area contributed by atoms with Gasteiger partial charge < -0.3 is 14.2 Å². The van der Waals surface area contributed by atoms with Crippen LogP contribution in [0.15, 0.2) is 35.6 Å². The predicted octanol–water partition coefficient (Wildman–Crippen LogP) is 1.78. The van der Waals surface area contributed by atoms with E-state index >= 15 is 0 Å². The van der Waals surface area contributed by atoms with Crippen molar-refractivity contribution in [3.05, 3.63) is 51.8 Å². The number of hydrazone groups is 1. The molecule has 0 saturated heterocycles. The average molecular weight is 360 g/mol. The number of amides is 1. The van der Waals surface area contributed by atoms with E-state index in [2.05, 4.69) is 15.5 Å². The average Bonchev–Trinajstić information content (AvgIpc) is 2.66. The second-order valence-corrected chi connectivity index (χ2v) is 4.82. The number of nitrogens with zero attached hydrogens (tertiary/aromatic N) is 3. The number of aromatic nitrogens is 1. The van der Waals surface area contributed by atoms with E-state index in [9.17, 15) is 14.9 Å². The minimum atomic E-state index is -0.608. The minimum absolute atomic E-state index is 0.00218. The maximum Gasteiger partial charge on any atom is 0.289 e. The number of rotatable bonds is 7. The molecule has 1 N–H and O–H groups in total. The molecule has 0 aliphatic rings. The highest BCUT2D eigenvalue weighted by atomic mass is 16.6. The molecular weight excluding hydrogens is 344 g/mol. The Bertz CT molecular complexity index is 810. The monoisotopic (exact) mass is 360 g/mol. The third-order valence-electron chi connectivity index (χ3n) is 3.26. The third-order valence-corrected chi connectivity index (χ3v) is 3.26. The quantitative estimate of drug-likeness (QED) is 0.453. The van der Waals surface area contributed by atoms with Gasteiger partial charge in [-0.3, -0.25) is 14.9 Å². The normalized spacial score (nSPS) is 10.4. The molecule has 2 aromatic rings. The highest BCUT2D eigenvalue weighted by Crippen LogP contribution is 2.37. The first kappa shape index (κ1) is 18.6. The molecular formula is C16H16N4O6. The van der Waals surface area contributed by atoms with Gasteiger partial charge in [-0.15, -0.1) is 0 Å². The first-order chi connectivity index (χ1) is 12.5. The van der Waals surface area contributed by atoms with Gasteiger partial charge in [0, 0.05) is 11.6 Å². The topological polar surface area (TPSA) is 125 Å². The number of nitrogens with one attached hydrogen (secondary N) is 1. The Morgan fingerprint density at radius 1 is 1.19 bits per heavy atom. The van der Waals surface area contributed by atoms with Crippen LogP contribution in [0.4, 0.5) is 5.69 Å². The van der Waals surface area contributed by atoms with E-state index in [0.29, 0.717) is 22.8 Å². The van der Waals surface area contributed by atoms with Gasteiger partial charge in [0.25, 0.3) is 11.6 Å². The molecule has 1 amide bonds. The van der Waals surface area contributed by atoms with E-state index in [0.717, 1.165) is 6.20 Å². The van der Waals surface area contributed by atoms with Crippen LogP contribution in [-0.4, -0.2) is 43.4 Å². The molecule has 0 fully saturated rings. The second kappa shape index (κ2) is 8.42. The lowest BCUT2D eigenvalue weighted by Crippen LogP contribution is -2.18. The zero-order valence-electron chi connectivity index (χ0n) is 14.3. The van der Waals surface area contributed by atoms with Crippen LogP contribution >= 0.6 is 0 Å². The van der Waals surface area contributed by atoms with Gasteiger partial charge in [-0.05, 0) is 18.2 Å². The largest absolute Gasteiger partial charge is 0.493 e. The van der Waals surface area contributed by atoms with Crippen LogP contribution in [0.2, 0.25) is 0 Å². The Hall–Kier alpha value is -3.69. The SMILES string of the molecule is COc1cc(/C=N\NC(=O)c2ccc([N+](=O)[O-])cn2)cc(OC)c1OC. The molecule has 26 heavy (non-hydrogen) atoms. The van der Waals surface area contributed by atoms with Crippen LogP contribution in [0.5, 0.6) is 17.2 Å². The van der Waals surface area contributed by atoms with Crippen molar-refractivity contribution < 1.29 is 23.9 Å². The fourth-order valence-electron chi connectivity index (χ4n) is 2.03. The number of methoxy groups -OCH3 is 3. The van der Waals surface area contributed by atoms with E-state index in [1.807, 2.05) is 0 Å². The Labute approximate surface area is 148 Å². The van der Waals surface area contributed by atoms with Gasteiger partial charge in [0.1, 0.15) is 11.9 Å². The molecule has 0 aliphatic heterocycles. The minimum Gasteiger partial charge on any atom is -0.493 e. The summed E-state index contributed by atoms with van der Waals surface area (Å²) in [5.74, 6) is 0.711. The van der Waals surface area contributed by atoms with Gasteiger partial charge in [-0.2, -0.15) is 5.10 Å². The fourth-order valence-corrected chi connectivity index (χ4v) is 2.03. The van der Waals surface area contributed by atoms with Crippen molar-refractivity contribution in [3.63, 3.8) is 0 Å². The van der Waals surface area contributed by atoms with Gasteiger partial charge >= 0.3 is 0 Å². The number of pyridine rings is 1. The van der Waals surface area contributed by atoms with Crippen LogP contribution in [0.1, 0.15) is 16.1 Å². The highest BCUT2D eigenvalue weighted by Gasteiger charge is 2.13. The van der Waals surface area contributed by atoms with Crippen molar-refractivity contribution in [2.24, 2.45) is 5.10 Å². The van der Waals surface area contributed by atoms with Crippen molar-refractivity contribution >= 4 is 17.8 Å². The zero-order valence-corrected chi connectivity index (χ0v) is 14.3. The molecule has 0 unspecified atom stereocenters. The van der Waals surface area contributed by atoms with Crippen LogP contribution in [0.25, 0.3) is 0 Å². The van der Waals surface area contributed by atoms with Crippen molar-refractivity contribution in [3.8, 4) is 17.2 Å². The molecule has 0 atom stereocenters. The summed E-state index contributed by atoms with van der Waals surface area (Å²) in [6, 6.07) is 5.73. The summed E-state index contributed by atoms with van der Waals surface area (Å²) in [7, 11) is 4.46. The molecule has 2 rings (SSSR count). The summed E-state index contributed by atoms with van der Waals surface area (Å²) in [4.78, 5) is 25.6. The van der Waals surface area contributed by atoms with Crippen LogP contribution < -0.4 is 19.6 Å². The molecule has 0 radical (unpaired) electrons. The van der Waals surface area contributed by atoms with Crippen molar-refractivity contribution in [1.82, 2.24) is 10.4 Å². The number of carbonyl (C=O) groups is 1. The fraction of sp³-hybridized carbons (Fsp3) is 0.188. The third kappa shape index (κ3) is 4.23. The summed E-state index contributed by atoms with van der Waals surface area (Å²) in [5, 5.41) is 14.4. The number of ether oxygens (including phenoxy) is 3. The van der Waals surface area contributed by atoms with Gasteiger partial charge in [0.15, 0.2) is 11.5 Å². The molecule has 0 bridgehead atoms. The van der Waals surface area contributed by atoms with Gasteiger partial charge in [-0.25, -0.2) is 10.4 Å². The summed E-state index contributed by atoms with van der Waals surface area (Å²) < 4.78 is 15.7. The molecule has 0 aliphatic carbocycles. The van der Waals surface area contributed by atoms with Crippen molar-refractivity contribution in [2.45, 2.75) is 0 Å². The van der Waals surface area contributed by atoms with Crippen LogP contribution in [0, 0.1) is 10.1 Å². The van der Waals surface area contributed by atoms with E-state index in [1.54, 1.807) is 12.1 Å². The number of nitro groups is 1. The maximum absolute atomic E-state index is 11.9. The summed E-state index contributed by atoms with van der Waals surface area (Å²) in [6.07, 6.45) is 2.38. The molecule has 0 saturated carbocycles. The lowest BCUT2D eigenvalue weighted by Gasteiger charge is -2.12. The molecule has 0 spiro atoms. The number of benzene rings is 1. The van der Waals surface area contributed by atoms with E-state index in [1.165, 1.54) is 39.7 Å². The van der Waals surface area contributed by atoms with Gasteiger partial charge in [0.2, 0.25) is 5.75 Å². The molecule has 10 nitrogen and oxygen atoms in total. The zero-order chi connectivity index (χ0) is 19.1. The Morgan fingerprint density at radius 2 is 1.85 bits per heavy atom. The van der Waals surface area contributed by atoms with Crippen LogP contribution in [-0.2, 0) is 0 Å². The van der Waals surface area contributed by atoms with E-state index in [4.69, 9.17) is 14.2 Å². The summed E-state index contributed by atoms with van der Waals surface area (Å²) in [5.41, 5.74) is 2.67. The van der Waals surface area contributed by atoms with Crippen molar-refractivity contribution in [1.29, 1.82) is 0 Å². The lowest BCUT2D eigenvalue weighted by molar-refractivity contribution is -0.385. The first-order valence-corrected chi connectivity index (χ1v) is 7.24. The maximum atomic E-state index is 11.9. The molecule has 1 heterocycles. The van der Waals surface area contributed by atoms with Gasteiger partial charge in [-0.1, -0.05) is 0 Å². The summed E-state index contributed by atoms with van der Waals surface area (Å²) >= 11 is 0. The Kier molecular flexibility index (Phi) is 6.04. The number of hydrogen-bond donors (Lipinski definition) is 1. The predicted molar refractivity (Wildman–Crippen MR) is 92.0 cm³/mol. The molecule has 1 aromatic carbocycles. The first-order valence-electron chi connectivity index (χ1n) is 7.24. The van der Waals surface area contributed by atoms with Crippen LogP contribution in [0.3, 0.4) is 0 Å². The van der Waals surface area contributed by atoms with E-state index < -0.39 is 10.8 Å². The number of hydrogen-bond acceptors (Lipinski definition) is 8. The number of carbonyl (C=O) groups excluding carboxylic acids is 1. The molecule has 1 aromatic heterocycles. The highest BCUT2D eigenvalue weighted by molar-refractivity contribution is 5.93. The Morgan fingerprint density at radius 3 is 2.31 bits per heavy atom. The smallest absolute Gasteiger partial charge is 0.289 e. The Balaban J connectivity index is 2.12. The second-order valence-electron chi connectivity index (χ2n) is 4.82. The van der Waals surface area contributed by atoms with E-state index in [-0.39, 0.29) is 11.4 Å². The summed E-state index contributed by atoms with van der Waals surface area (Å²) in [6.45, 7) is 0. The standard InChI is InChI=1S/C16H16N4O6/c1-24-13-6-10(7-14(25-2)15(13)26-3)8-18-19-16(21)12-5-4-11(9-17-12)20(22)23/h4-9H,1-3H3,(H,19,21)/b18-8-.